The van der Waals surface area contributed by atoms with Crippen LogP contribution in [0.25, 0.3) is 0 Å². The van der Waals surface area contributed by atoms with E-state index in [1.54, 1.807) is 6.92 Å². The Kier molecular flexibility index (Phi) is 6.25. The lowest BCUT2D eigenvalue weighted by molar-refractivity contribution is -0.118. The molecule has 10 heteroatoms. The highest BCUT2D eigenvalue weighted by Gasteiger charge is 2.42. The van der Waals surface area contributed by atoms with E-state index in [-0.39, 0.29) is 24.5 Å². The summed E-state index contributed by atoms with van der Waals surface area (Å²) in [4.78, 5) is 25.4. The number of benzene rings is 1. The summed E-state index contributed by atoms with van der Waals surface area (Å²) in [5.41, 5.74) is 0.636. The number of alkyl halides is 3. The van der Waals surface area contributed by atoms with Gasteiger partial charge in [0.2, 0.25) is 0 Å². The lowest BCUT2D eigenvalue weighted by Gasteiger charge is -2.31. The Hall–Kier alpha value is -1.02. The molecule has 1 atom stereocenters. The van der Waals surface area contributed by atoms with Gasteiger partial charge in [0.15, 0.2) is 9.84 Å². The maximum atomic E-state index is 12.5. The Bertz CT molecular complexity index is 758. The van der Waals surface area contributed by atoms with Crippen LogP contribution in [0.3, 0.4) is 0 Å². The van der Waals surface area contributed by atoms with Gasteiger partial charge in [0.05, 0.1) is 29.7 Å². The van der Waals surface area contributed by atoms with Crippen LogP contribution in [0.15, 0.2) is 24.3 Å². The van der Waals surface area contributed by atoms with Crippen molar-refractivity contribution >= 4 is 62.2 Å². The highest BCUT2D eigenvalue weighted by molar-refractivity contribution is 7.91. The molecule has 6 nitrogen and oxygen atoms in total. The number of nitrogens with zero attached hydrogens (tertiary/aromatic N) is 1. The Morgan fingerprint density at radius 1 is 1.24 bits per heavy atom. The molecule has 0 aromatic heterocycles. The van der Waals surface area contributed by atoms with Gasteiger partial charge in [-0.3, -0.25) is 4.79 Å². The number of carbonyl (C=O) groups is 2. The second-order valence-electron chi connectivity index (χ2n) is 5.50. The van der Waals surface area contributed by atoms with Crippen molar-refractivity contribution in [2.45, 2.75) is 23.2 Å². The number of hydrogen-bond donors (Lipinski definition) is 0. The van der Waals surface area contributed by atoms with Crippen LogP contribution in [0.5, 0.6) is 0 Å². The Labute approximate surface area is 160 Å². The predicted octanol–water partition coefficient (Wildman–Crippen LogP) is 2.75. The number of amides is 1. The third-order valence-electron chi connectivity index (χ3n) is 3.69. The molecular weight excluding hydrogens is 413 g/mol. The number of sulfone groups is 1. The predicted molar refractivity (Wildman–Crippen MR) is 97.2 cm³/mol. The van der Waals surface area contributed by atoms with Crippen LogP contribution in [0, 0.1) is 0 Å². The number of halogens is 3. The summed E-state index contributed by atoms with van der Waals surface area (Å²) < 4.78 is 26.2. The molecule has 1 fully saturated rings. The summed E-state index contributed by atoms with van der Waals surface area (Å²) in [5.74, 6) is -1.60. The van der Waals surface area contributed by atoms with Gasteiger partial charge in [-0.15, -0.1) is 0 Å². The van der Waals surface area contributed by atoms with Gasteiger partial charge in [0.1, 0.15) is 0 Å². The molecule has 138 valence electrons. The molecule has 1 heterocycles. The van der Waals surface area contributed by atoms with Crippen molar-refractivity contribution in [3.8, 4) is 0 Å². The van der Waals surface area contributed by atoms with Crippen molar-refractivity contribution in [1.29, 1.82) is 0 Å². The smallest absolute Gasteiger partial charge is 0.338 e. The maximum Gasteiger partial charge on any atom is 0.338 e. The minimum atomic E-state index is -3.25. The lowest BCUT2D eigenvalue weighted by atomic mass is 10.1. The third-order valence-corrected chi connectivity index (χ3v) is 5.93. The summed E-state index contributed by atoms with van der Waals surface area (Å²) in [7, 11) is -3.25. The van der Waals surface area contributed by atoms with Crippen molar-refractivity contribution in [1.82, 2.24) is 0 Å². The Morgan fingerprint density at radius 3 is 2.28 bits per heavy atom. The monoisotopic (exact) mass is 427 g/mol. The zero-order valence-corrected chi connectivity index (χ0v) is 16.3. The maximum absolute atomic E-state index is 12.5. The summed E-state index contributed by atoms with van der Waals surface area (Å²) in [6.45, 7) is 1.92. The molecule has 1 aliphatic heterocycles. The zero-order valence-electron chi connectivity index (χ0n) is 13.2. The first-order valence-electron chi connectivity index (χ1n) is 7.43. The number of rotatable bonds is 4. The van der Waals surface area contributed by atoms with Crippen LogP contribution in [0.2, 0.25) is 0 Å². The largest absolute Gasteiger partial charge is 0.462 e. The average molecular weight is 429 g/mol. The van der Waals surface area contributed by atoms with E-state index in [0.717, 1.165) is 0 Å². The van der Waals surface area contributed by atoms with E-state index in [0.29, 0.717) is 11.3 Å². The van der Waals surface area contributed by atoms with E-state index in [2.05, 4.69) is 0 Å². The molecule has 0 radical (unpaired) electrons. The minimum absolute atomic E-state index is 0.0395. The summed E-state index contributed by atoms with van der Waals surface area (Å²) in [6.07, 6.45) is 0.244. The molecule has 25 heavy (non-hydrogen) atoms. The molecule has 1 aromatic rings. The number of esters is 1. The number of hydrogen-bond acceptors (Lipinski definition) is 5. The molecule has 1 amide bonds. The van der Waals surface area contributed by atoms with Gasteiger partial charge in [-0.05, 0) is 37.6 Å². The van der Waals surface area contributed by atoms with Gasteiger partial charge in [-0.2, -0.15) is 0 Å². The van der Waals surface area contributed by atoms with E-state index >= 15 is 0 Å². The van der Waals surface area contributed by atoms with E-state index in [9.17, 15) is 18.0 Å². The molecule has 1 unspecified atom stereocenters. The van der Waals surface area contributed by atoms with Gasteiger partial charge in [0.25, 0.3) is 9.70 Å². The van der Waals surface area contributed by atoms with Gasteiger partial charge in [-0.25, -0.2) is 13.2 Å². The molecule has 0 N–H and O–H groups in total. The van der Waals surface area contributed by atoms with Crippen molar-refractivity contribution in [3.05, 3.63) is 29.8 Å². The van der Waals surface area contributed by atoms with E-state index in [4.69, 9.17) is 39.5 Å². The highest BCUT2D eigenvalue weighted by Crippen LogP contribution is 2.34. The summed E-state index contributed by atoms with van der Waals surface area (Å²) in [5, 5.41) is 0. The van der Waals surface area contributed by atoms with Crippen LogP contribution in [-0.4, -0.2) is 48.2 Å². The molecule has 0 saturated carbocycles. The Morgan fingerprint density at radius 2 is 1.84 bits per heavy atom. The SMILES string of the molecule is CCOC(=O)c1ccc(N(C(=O)C(Cl)(Cl)Cl)C2CCS(=O)(=O)C2)cc1. The van der Waals surface area contributed by atoms with Crippen molar-refractivity contribution in [3.63, 3.8) is 0 Å². The molecule has 1 aliphatic rings. The topological polar surface area (TPSA) is 80.8 Å². The minimum Gasteiger partial charge on any atom is -0.462 e. The first-order valence-corrected chi connectivity index (χ1v) is 10.4. The first kappa shape index (κ1) is 20.3. The van der Waals surface area contributed by atoms with Crippen LogP contribution in [-0.2, 0) is 19.4 Å². The van der Waals surface area contributed by atoms with Gasteiger partial charge >= 0.3 is 5.97 Å². The third kappa shape index (κ3) is 5.00. The second-order valence-corrected chi connectivity index (χ2v) is 10.0. The summed E-state index contributed by atoms with van der Waals surface area (Å²) >= 11 is 17.2. The van der Waals surface area contributed by atoms with Crippen LogP contribution in [0.4, 0.5) is 5.69 Å². The van der Waals surface area contributed by atoms with Crippen molar-refractivity contribution < 1.29 is 22.7 Å². The number of carbonyl (C=O) groups excluding carboxylic acids is 2. The molecule has 2 rings (SSSR count). The van der Waals surface area contributed by atoms with Crippen molar-refractivity contribution in [2.75, 3.05) is 23.0 Å². The van der Waals surface area contributed by atoms with Crippen LogP contribution >= 0.6 is 34.8 Å². The molecule has 0 spiro atoms. The summed E-state index contributed by atoms with van der Waals surface area (Å²) in [6, 6.07) is 5.28. The highest BCUT2D eigenvalue weighted by atomic mass is 35.6. The fraction of sp³-hybridized carbons (Fsp3) is 0.467. The number of ether oxygens (including phenoxy) is 1. The lowest BCUT2D eigenvalue weighted by Crippen LogP contribution is -2.47. The number of anilines is 1. The Balaban J connectivity index is 2.36. The first-order chi connectivity index (χ1) is 11.5. The second kappa shape index (κ2) is 7.70. The van der Waals surface area contributed by atoms with Gasteiger partial charge < -0.3 is 9.64 Å². The fourth-order valence-electron chi connectivity index (χ4n) is 2.58. The normalized spacial score (nSPS) is 19.4. The van der Waals surface area contributed by atoms with E-state index < -0.39 is 31.5 Å². The fourth-order valence-corrected chi connectivity index (χ4v) is 4.56. The average Bonchev–Trinajstić information content (AvgIpc) is 2.87. The van der Waals surface area contributed by atoms with Gasteiger partial charge in [0, 0.05) is 5.69 Å². The standard InChI is InChI=1S/C15H16Cl3NO5S/c1-2-24-13(20)10-3-5-11(6-4-10)19(14(21)15(16,17)18)12-7-8-25(22,23)9-12/h3-6,12H,2,7-9H2,1H3. The molecule has 1 saturated heterocycles. The van der Waals surface area contributed by atoms with E-state index in [1.165, 1.54) is 29.2 Å². The molecular formula is C15H16Cl3NO5S. The zero-order chi connectivity index (χ0) is 18.8. The van der Waals surface area contributed by atoms with Crippen molar-refractivity contribution in [2.24, 2.45) is 0 Å². The molecule has 1 aromatic carbocycles. The van der Waals surface area contributed by atoms with E-state index in [1.807, 2.05) is 0 Å². The quantitative estimate of drug-likeness (QED) is 0.544. The molecule has 0 aliphatic carbocycles. The van der Waals surface area contributed by atoms with Crippen LogP contribution in [0.1, 0.15) is 23.7 Å². The van der Waals surface area contributed by atoms with Crippen LogP contribution < -0.4 is 4.90 Å². The molecule has 0 bridgehead atoms. The van der Waals surface area contributed by atoms with Gasteiger partial charge in [-0.1, -0.05) is 34.8 Å².